The van der Waals surface area contributed by atoms with Crippen molar-refractivity contribution >= 4 is 11.8 Å². The van der Waals surface area contributed by atoms with Crippen molar-refractivity contribution in [1.29, 1.82) is 0 Å². The van der Waals surface area contributed by atoms with E-state index in [2.05, 4.69) is 5.32 Å². The minimum absolute atomic E-state index is 0.0176. The van der Waals surface area contributed by atoms with Crippen molar-refractivity contribution in [1.82, 2.24) is 10.2 Å². The van der Waals surface area contributed by atoms with E-state index in [1.807, 2.05) is 0 Å². The highest BCUT2D eigenvalue weighted by Gasteiger charge is 2.57. The van der Waals surface area contributed by atoms with E-state index in [0.29, 0.717) is 6.04 Å². The molecule has 1 saturated heterocycles. The van der Waals surface area contributed by atoms with Crippen LogP contribution in [0.5, 0.6) is 0 Å². The van der Waals surface area contributed by atoms with Gasteiger partial charge in [-0.25, -0.2) is 0 Å². The van der Waals surface area contributed by atoms with Crippen LogP contribution in [0.2, 0.25) is 0 Å². The monoisotopic (exact) mass is 180 g/mol. The van der Waals surface area contributed by atoms with E-state index < -0.39 is 5.54 Å². The number of carbonyl (C=O) groups excluding carboxylic acids is 2. The van der Waals surface area contributed by atoms with E-state index in [1.165, 1.54) is 0 Å². The molecule has 1 heterocycles. The van der Waals surface area contributed by atoms with Gasteiger partial charge in [-0.3, -0.25) is 9.59 Å². The molecule has 3 fully saturated rings. The second-order valence-electron chi connectivity index (χ2n) is 4.29. The minimum Gasteiger partial charge on any atom is -0.340 e. The van der Waals surface area contributed by atoms with Crippen LogP contribution in [0.25, 0.3) is 0 Å². The third-order valence-corrected chi connectivity index (χ3v) is 3.10. The summed E-state index contributed by atoms with van der Waals surface area (Å²) in [6.07, 6.45) is 3.83. The van der Waals surface area contributed by atoms with E-state index in [1.54, 1.807) is 4.90 Å². The van der Waals surface area contributed by atoms with Crippen molar-refractivity contribution in [2.75, 3.05) is 6.54 Å². The predicted molar refractivity (Wildman–Crippen MR) is 44.8 cm³/mol. The summed E-state index contributed by atoms with van der Waals surface area (Å²) in [6, 6.07) is 0.371. The Balaban J connectivity index is 1.86. The summed E-state index contributed by atoms with van der Waals surface area (Å²) in [5.74, 6) is 0.179. The summed E-state index contributed by atoms with van der Waals surface area (Å²) >= 11 is 0. The van der Waals surface area contributed by atoms with Crippen LogP contribution in [0, 0.1) is 0 Å². The summed E-state index contributed by atoms with van der Waals surface area (Å²) in [6.45, 7) is 0.283. The zero-order valence-electron chi connectivity index (χ0n) is 7.38. The molecule has 0 aromatic carbocycles. The van der Waals surface area contributed by atoms with Gasteiger partial charge in [0.1, 0.15) is 5.54 Å². The van der Waals surface area contributed by atoms with Gasteiger partial charge in [0.15, 0.2) is 0 Å². The standard InChI is InChI=1S/C9H12N2O2/c12-7-5-11(6-1-2-6)8(13)9(10-7)3-4-9/h6H,1-5H2,(H,10,12). The molecule has 13 heavy (non-hydrogen) atoms. The largest absolute Gasteiger partial charge is 0.340 e. The first-order valence-corrected chi connectivity index (χ1v) is 4.83. The topological polar surface area (TPSA) is 49.4 Å². The van der Waals surface area contributed by atoms with Gasteiger partial charge in [0.2, 0.25) is 11.8 Å². The molecule has 0 aromatic heterocycles. The minimum atomic E-state index is -0.460. The van der Waals surface area contributed by atoms with Gasteiger partial charge in [0, 0.05) is 6.04 Å². The normalized spacial score (nSPS) is 30.6. The molecule has 2 aliphatic carbocycles. The number of nitrogens with one attached hydrogen (secondary N) is 1. The Morgan fingerprint density at radius 2 is 2.00 bits per heavy atom. The zero-order chi connectivity index (χ0) is 9.05. The number of nitrogens with zero attached hydrogens (tertiary/aromatic N) is 1. The van der Waals surface area contributed by atoms with Crippen LogP contribution in [0.4, 0.5) is 0 Å². The number of rotatable bonds is 1. The first-order valence-electron chi connectivity index (χ1n) is 4.83. The number of carbonyl (C=O) groups is 2. The average molecular weight is 180 g/mol. The van der Waals surface area contributed by atoms with Crippen molar-refractivity contribution < 1.29 is 9.59 Å². The van der Waals surface area contributed by atoms with Crippen LogP contribution in [0.3, 0.4) is 0 Å². The van der Waals surface area contributed by atoms with Crippen molar-refractivity contribution in [3.63, 3.8) is 0 Å². The summed E-state index contributed by atoms with van der Waals surface area (Å²) in [5.41, 5.74) is -0.460. The van der Waals surface area contributed by atoms with Crippen molar-refractivity contribution in [3.8, 4) is 0 Å². The SMILES string of the molecule is O=C1CN(C2CC2)C(=O)C2(CC2)N1. The molecular formula is C9H12N2O2. The molecular weight excluding hydrogens is 168 g/mol. The van der Waals surface area contributed by atoms with Crippen molar-refractivity contribution in [2.45, 2.75) is 37.3 Å². The first kappa shape index (κ1) is 7.35. The predicted octanol–water partition coefficient (Wildman–Crippen LogP) is -0.360. The zero-order valence-corrected chi connectivity index (χ0v) is 7.38. The molecule has 0 aromatic rings. The fourth-order valence-corrected chi connectivity index (χ4v) is 2.01. The van der Waals surface area contributed by atoms with Crippen molar-refractivity contribution in [2.24, 2.45) is 0 Å². The maximum Gasteiger partial charge on any atom is 0.249 e. The maximum absolute atomic E-state index is 11.8. The second kappa shape index (κ2) is 2.05. The third kappa shape index (κ3) is 0.975. The van der Waals surface area contributed by atoms with Gasteiger partial charge in [0.25, 0.3) is 0 Å². The Bertz CT molecular complexity index is 292. The average Bonchev–Trinajstić information content (AvgIpc) is 2.92. The fourth-order valence-electron chi connectivity index (χ4n) is 2.01. The Hall–Kier alpha value is -1.06. The van der Waals surface area contributed by atoms with Gasteiger partial charge in [-0.1, -0.05) is 0 Å². The molecule has 0 unspecified atom stereocenters. The molecule has 0 bridgehead atoms. The van der Waals surface area contributed by atoms with Gasteiger partial charge in [-0.15, -0.1) is 0 Å². The molecule has 4 heteroatoms. The number of amides is 2. The summed E-state index contributed by atoms with van der Waals surface area (Å²) in [7, 11) is 0. The fraction of sp³-hybridized carbons (Fsp3) is 0.778. The van der Waals surface area contributed by atoms with Crippen LogP contribution in [0.1, 0.15) is 25.7 Å². The lowest BCUT2D eigenvalue weighted by Gasteiger charge is -2.32. The molecule has 0 atom stereocenters. The second-order valence-corrected chi connectivity index (χ2v) is 4.29. The van der Waals surface area contributed by atoms with Gasteiger partial charge < -0.3 is 10.2 Å². The highest BCUT2D eigenvalue weighted by molar-refractivity contribution is 6.00. The highest BCUT2D eigenvalue weighted by Crippen LogP contribution is 2.41. The van der Waals surface area contributed by atoms with Gasteiger partial charge >= 0.3 is 0 Å². The van der Waals surface area contributed by atoms with E-state index in [0.717, 1.165) is 25.7 Å². The first-order chi connectivity index (χ1) is 6.21. The number of hydrogen-bond acceptors (Lipinski definition) is 2. The van der Waals surface area contributed by atoms with Gasteiger partial charge in [-0.05, 0) is 25.7 Å². The van der Waals surface area contributed by atoms with E-state index >= 15 is 0 Å². The molecule has 2 amide bonds. The summed E-state index contributed by atoms with van der Waals surface area (Å²) in [4.78, 5) is 24.9. The summed E-state index contributed by atoms with van der Waals surface area (Å²) in [5, 5.41) is 2.80. The van der Waals surface area contributed by atoms with Crippen LogP contribution < -0.4 is 5.32 Å². The van der Waals surface area contributed by atoms with Crippen LogP contribution in [0.15, 0.2) is 0 Å². The highest BCUT2D eigenvalue weighted by atomic mass is 16.2. The van der Waals surface area contributed by atoms with E-state index in [4.69, 9.17) is 0 Å². The lowest BCUT2D eigenvalue weighted by atomic mass is 10.1. The molecule has 1 spiro atoms. The third-order valence-electron chi connectivity index (χ3n) is 3.10. The molecule has 3 rings (SSSR count). The van der Waals surface area contributed by atoms with Gasteiger partial charge in [0.05, 0.1) is 6.54 Å². The van der Waals surface area contributed by atoms with Crippen LogP contribution >= 0.6 is 0 Å². The number of hydrogen-bond donors (Lipinski definition) is 1. The van der Waals surface area contributed by atoms with E-state index in [-0.39, 0.29) is 18.4 Å². The Kier molecular flexibility index (Phi) is 1.16. The molecule has 2 saturated carbocycles. The van der Waals surface area contributed by atoms with Crippen LogP contribution in [-0.2, 0) is 9.59 Å². The van der Waals surface area contributed by atoms with Crippen molar-refractivity contribution in [3.05, 3.63) is 0 Å². The number of piperazine rings is 1. The summed E-state index contributed by atoms with van der Waals surface area (Å²) < 4.78 is 0. The Morgan fingerprint density at radius 1 is 1.31 bits per heavy atom. The van der Waals surface area contributed by atoms with Crippen LogP contribution in [-0.4, -0.2) is 34.8 Å². The molecule has 0 radical (unpaired) electrons. The Morgan fingerprint density at radius 3 is 2.54 bits per heavy atom. The molecule has 1 N–H and O–H groups in total. The quantitative estimate of drug-likeness (QED) is 0.599. The van der Waals surface area contributed by atoms with E-state index in [9.17, 15) is 9.59 Å². The molecule has 1 aliphatic heterocycles. The molecule has 4 nitrogen and oxygen atoms in total. The Labute approximate surface area is 76.3 Å². The molecule has 3 aliphatic rings. The smallest absolute Gasteiger partial charge is 0.249 e. The van der Waals surface area contributed by atoms with Gasteiger partial charge in [-0.2, -0.15) is 0 Å². The maximum atomic E-state index is 11.8. The lowest BCUT2D eigenvalue weighted by Crippen LogP contribution is -2.60. The lowest BCUT2D eigenvalue weighted by molar-refractivity contribution is -0.146. The molecule has 70 valence electrons.